The third-order valence-corrected chi connectivity index (χ3v) is 5.92. The third kappa shape index (κ3) is 8.29. The van der Waals surface area contributed by atoms with Crippen LogP contribution in [0.2, 0.25) is 0 Å². The molecule has 1 N–H and O–H groups in total. The Kier molecular flexibility index (Phi) is 10.4. The van der Waals surface area contributed by atoms with E-state index < -0.39 is 6.04 Å². The van der Waals surface area contributed by atoms with E-state index in [9.17, 15) is 9.59 Å². The molecule has 2 aromatic carbocycles. The number of carbonyl (C=O) groups excluding carboxylic acids is 2. The molecule has 5 nitrogen and oxygen atoms in total. The Bertz CT molecular complexity index is 809. The molecule has 0 bridgehead atoms. The van der Waals surface area contributed by atoms with Crippen LogP contribution in [0.15, 0.2) is 59.5 Å². The van der Waals surface area contributed by atoms with Crippen molar-refractivity contribution in [2.45, 2.75) is 51.1 Å². The number of rotatable bonds is 12. The van der Waals surface area contributed by atoms with Gasteiger partial charge in [-0.05, 0) is 42.2 Å². The molecular formula is C25H34N2O3S. The summed E-state index contributed by atoms with van der Waals surface area (Å²) in [6.07, 6.45) is 0.946. The first-order valence-corrected chi connectivity index (χ1v) is 11.8. The van der Waals surface area contributed by atoms with E-state index in [1.54, 1.807) is 23.8 Å². The van der Waals surface area contributed by atoms with Gasteiger partial charge in [0.1, 0.15) is 11.8 Å². The summed E-state index contributed by atoms with van der Waals surface area (Å²) >= 11 is 1.65. The molecule has 0 unspecified atom stereocenters. The number of methoxy groups -OCH3 is 1. The summed E-state index contributed by atoms with van der Waals surface area (Å²) in [5, 5.41) is 3.00. The Labute approximate surface area is 190 Å². The molecule has 0 saturated carbocycles. The van der Waals surface area contributed by atoms with Crippen molar-refractivity contribution in [3.05, 3.63) is 60.2 Å². The summed E-state index contributed by atoms with van der Waals surface area (Å²) in [5.74, 6) is 1.70. The van der Waals surface area contributed by atoms with Crippen LogP contribution in [0.25, 0.3) is 0 Å². The lowest BCUT2D eigenvalue weighted by Gasteiger charge is -2.31. The van der Waals surface area contributed by atoms with Gasteiger partial charge in [-0.15, -0.1) is 11.8 Å². The zero-order chi connectivity index (χ0) is 22.6. The molecule has 0 aromatic heterocycles. The van der Waals surface area contributed by atoms with E-state index in [4.69, 9.17) is 4.74 Å². The van der Waals surface area contributed by atoms with Gasteiger partial charge in [0.25, 0.3) is 0 Å². The van der Waals surface area contributed by atoms with Crippen molar-refractivity contribution in [3.63, 3.8) is 0 Å². The fraction of sp³-hybridized carbons (Fsp3) is 0.440. The number of benzene rings is 2. The van der Waals surface area contributed by atoms with E-state index in [2.05, 4.69) is 19.2 Å². The first kappa shape index (κ1) is 24.8. The zero-order valence-electron chi connectivity index (χ0n) is 19.0. The molecule has 168 valence electrons. The maximum absolute atomic E-state index is 13.2. The number of hydrogen-bond donors (Lipinski definition) is 1. The number of hydrogen-bond acceptors (Lipinski definition) is 4. The van der Waals surface area contributed by atoms with Crippen LogP contribution in [0.4, 0.5) is 0 Å². The van der Waals surface area contributed by atoms with E-state index >= 15 is 0 Å². The second kappa shape index (κ2) is 13.1. The van der Waals surface area contributed by atoms with E-state index in [-0.39, 0.29) is 11.8 Å². The molecular weight excluding hydrogens is 408 g/mol. The molecule has 0 spiro atoms. The number of nitrogens with zero attached hydrogens (tertiary/aromatic N) is 1. The molecule has 0 radical (unpaired) electrons. The number of thioether (sulfide) groups is 1. The van der Waals surface area contributed by atoms with Gasteiger partial charge in [-0.25, -0.2) is 0 Å². The van der Waals surface area contributed by atoms with Gasteiger partial charge < -0.3 is 15.0 Å². The van der Waals surface area contributed by atoms with E-state index in [0.29, 0.717) is 37.6 Å². The molecule has 0 aliphatic rings. The molecule has 0 fully saturated rings. The second-order valence-corrected chi connectivity index (χ2v) is 9.01. The molecule has 1 atom stereocenters. The predicted molar refractivity (Wildman–Crippen MR) is 127 cm³/mol. The molecule has 2 aromatic rings. The van der Waals surface area contributed by atoms with Gasteiger partial charge in [-0.3, -0.25) is 9.59 Å². The summed E-state index contributed by atoms with van der Waals surface area (Å²) in [5.41, 5.74) is 0.972. The Morgan fingerprint density at radius 3 is 2.32 bits per heavy atom. The summed E-state index contributed by atoms with van der Waals surface area (Å²) in [7, 11) is 1.63. The first-order valence-electron chi connectivity index (χ1n) is 10.8. The van der Waals surface area contributed by atoms with Crippen molar-refractivity contribution in [2.24, 2.45) is 5.92 Å². The fourth-order valence-electron chi connectivity index (χ4n) is 3.19. The van der Waals surface area contributed by atoms with Crippen LogP contribution in [-0.2, 0) is 16.1 Å². The van der Waals surface area contributed by atoms with Crippen LogP contribution in [0.5, 0.6) is 5.75 Å². The monoisotopic (exact) mass is 442 g/mol. The van der Waals surface area contributed by atoms with Gasteiger partial charge in [0.2, 0.25) is 11.8 Å². The van der Waals surface area contributed by atoms with Gasteiger partial charge in [-0.2, -0.15) is 0 Å². The highest BCUT2D eigenvalue weighted by atomic mass is 32.2. The Morgan fingerprint density at radius 1 is 1.06 bits per heavy atom. The Morgan fingerprint density at radius 2 is 1.74 bits per heavy atom. The smallest absolute Gasteiger partial charge is 0.242 e. The van der Waals surface area contributed by atoms with Crippen LogP contribution in [0.3, 0.4) is 0 Å². The van der Waals surface area contributed by atoms with Crippen LogP contribution in [0.1, 0.15) is 39.2 Å². The van der Waals surface area contributed by atoms with Crippen molar-refractivity contribution >= 4 is 23.6 Å². The minimum absolute atomic E-state index is 0.00852. The normalized spacial score (nSPS) is 11.8. The van der Waals surface area contributed by atoms with Crippen LogP contribution < -0.4 is 10.1 Å². The van der Waals surface area contributed by atoms with E-state index in [1.165, 1.54) is 0 Å². The standard InChI is InChI=1S/C25H34N2O3S/c1-5-23(25(29)26-17-19(2)3)27(18-20-11-13-21(30-4)14-12-20)24(28)15-16-31-22-9-7-6-8-10-22/h6-14,19,23H,5,15-18H2,1-4H3,(H,26,29)/t23-/m1/s1. The minimum atomic E-state index is -0.491. The lowest BCUT2D eigenvalue weighted by atomic mass is 10.1. The Balaban J connectivity index is 2.11. The van der Waals surface area contributed by atoms with Gasteiger partial charge in [0.15, 0.2) is 0 Å². The lowest BCUT2D eigenvalue weighted by Crippen LogP contribution is -2.49. The van der Waals surface area contributed by atoms with Gasteiger partial charge in [0.05, 0.1) is 7.11 Å². The van der Waals surface area contributed by atoms with E-state index in [0.717, 1.165) is 16.2 Å². The third-order valence-electron chi connectivity index (χ3n) is 4.91. The minimum Gasteiger partial charge on any atom is -0.497 e. The van der Waals surface area contributed by atoms with Gasteiger partial charge >= 0.3 is 0 Å². The average molecular weight is 443 g/mol. The largest absolute Gasteiger partial charge is 0.497 e. The van der Waals surface area contributed by atoms with Crippen LogP contribution >= 0.6 is 11.8 Å². The van der Waals surface area contributed by atoms with Gasteiger partial charge in [-0.1, -0.05) is 51.1 Å². The summed E-state index contributed by atoms with van der Waals surface area (Å²) < 4.78 is 5.23. The van der Waals surface area contributed by atoms with Crippen LogP contribution in [-0.4, -0.2) is 42.2 Å². The topological polar surface area (TPSA) is 58.6 Å². The average Bonchev–Trinajstić information content (AvgIpc) is 2.78. The molecule has 31 heavy (non-hydrogen) atoms. The van der Waals surface area contributed by atoms with Crippen LogP contribution in [0, 0.1) is 5.92 Å². The molecule has 6 heteroatoms. The maximum Gasteiger partial charge on any atom is 0.242 e. The lowest BCUT2D eigenvalue weighted by molar-refractivity contribution is -0.141. The fourth-order valence-corrected chi connectivity index (χ4v) is 4.05. The summed E-state index contributed by atoms with van der Waals surface area (Å²) in [6.45, 7) is 7.06. The van der Waals surface area contributed by atoms with Crippen molar-refractivity contribution < 1.29 is 14.3 Å². The summed E-state index contributed by atoms with van der Waals surface area (Å²) in [6, 6.07) is 17.2. The zero-order valence-corrected chi connectivity index (χ0v) is 19.8. The molecule has 0 heterocycles. The highest BCUT2D eigenvalue weighted by molar-refractivity contribution is 7.99. The number of nitrogens with one attached hydrogen (secondary N) is 1. The van der Waals surface area contributed by atoms with Crippen molar-refractivity contribution in [2.75, 3.05) is 19.4 Å². The molecule has 2 amide bonds. The molecule has 0 aliphatic carbocycles. The van der Waals surface area contributed by atoms with Crippen molar-refractivity contribution in [1.82, 2.24) is 10.2 Å². The SMILES string of the molecule is CC[C@H](C(=O)NCC(C)C)N(Cc1ccc(OC)cc1)C(=O)CCSc1ccccc1. The summed E-state index contributed by atoms with van der Waals surface area (Å²) in [4.78, 5) is 29.0. The highest BCUT2D eigenvalue weighted by Crippen LogP contribution is 2.21. The number of ether oxygens (including phenoxy) is 1. The first-order chi connectivity index (χ1) is 14.9. The quantitative estimate of drug-likeness (QED) is 0.482. The number of amides is 2. The second-order valence-electron chi connectivity index (χ2n) is 7.84. The highest BCUT2D eigenvalue weighted by Gasteiger charge is 2.28. The molecule has 2 rings (SSSR count). The predicted octanol–water partition coefficient (Wildman–Crippen LogP) is 4.76. The van der Waals surface area contributed by atoms with Gasteiger partial charge in [0, 0.05) is 30.2 Å². The van der Waals surface area contributed by atoms with Crippen molar-refractivity contribution in [3.8, 4) is 5.75 Å². The molecule has 0 aliphatic heterocycles. The van der Waals surface area contributed by atoms with E-state index in [1.807, 2.05) is 61.5 Å². The number of carbonyl (C=O) groups is 2. The maximum atomic E-state index is 13.2. The Hall–Kier alpha value is -2.47. The molecule has 0 saturated heterocycles. The van der Waals surface area contributed by atoms with Crippen molar-refractivity contribution in [1.29, 1.82) is 0 Å².